The molecule has 1 aromatic carbocycles. The summed E-state index contributed by atoms with van der Waals surface area (Å²) in [4.78, 5) is 6.59. The van der Waals surface area contributed by atoms with Crippen molar-refractivity contribution in [2.24, 2.45) is 0 Å². The van der Waals surface area contributed by atoms with Crippen LogP contribution in [0.3, 0.4) is 0 Å². The zero-order chi connectivity index (χ0) is 20.0. The molecule has 1 atom stereocenters. The van der Waals surface area contributed by atoms with Crippen LogP contribution in [0.4, 0.5) is 11.4 Å². The van der Waals surface area contributed by atoms with Gasteiger partial charge in [-0.2, -0.15) is 5.10 Å². The molecule has 5 rings (SSSR count). The maximum atomic E-state index is 10.9. The number of aliphatic hydroxyl groups excluding tert-OH is 1. The Morgan fingerprint density at radius 1 is 1.24 bits per heavy atom. The van der Waals surface area contributed by atoms with E-state index in [0.717, 1.165) is 42.2 Å². The summed E-state index contributed by atoms with van der Waals surface area (Å²) >= 11 is 0. The molecule has 2 N–H and O–H groups in total. The van der Waals surface area contributed by atoms with Gasteiger partial charge in [-0.1, -0.05) is 0 Å². The molecule has 8 heteroatoms. The number of rotatable bonds is 4. The molecule has 2 aliphatic rings. The smallest absolute Gasteiger partial charge is 0.169 e. The van der Waals surface area contributed by atoms with Crippen molar-refractivity contribution in [3.8, 4) is 5.75 Å². The van der Waals surface area contributed by atoms with Gasteiger partial charge in [0.15, 0.2) is 11.9 Å². The van der Waals surface area contributed by atoms with E-state index in [4.69, 9.17) is 9.47 Å². The number of nitrogens with zero attached hydrogens (tertiary/aromatic N) is 4. The molecule has 0 radical (unpaired) electrons. The highest BCUT2D eigenvalue weighted by molar-refractivity contribution is 5.75. The van der Waals surface area contributed by atoms with Gasteiger partial charge in [0, 0.05) is 37.3 Å². The van der Waals surface area contributed by atoms with E-state index in [1.807, 2.05) is 12.1 Å². The van der Waals surface area contributed by atoms with Crippen LogP contribution in [-0.4, -0.2) is 51.6 Å². The van der Waals surface area contributed by atoms with Crippen LogP contribution in [-0.2, 0) is 11.2 Å². The minimum Gasteiger partial charge on any atom is -0.487 e. The fourth-order valence-corrected chi connectivity index (χ4v) is 4.08. The largest absolute Gasteiger partial charge is 0.487 e. The Hall–Kier alpha value is -2.84. The Balaban J connectivity index is 1.51. The zero-order valence-corrected chi connectivity index (χ0v) is 16.6. The molecule has 2 aliphatic heterocycles. The molecule has 0 spiro atoms. The first-order valence-electron chi connectivity index (χ1n) is 9.92. The third kappa shape index (κ3) is 3.38. The lowest BCUT2D eigenvalue weighted by Gasteiger charge is -2.31. The number of imidazole rings is 1. The van der Waals surface area contributed by atoms with Gasteiger partial charge >= 0.3 is 0 Å². The summed E-state index contributed by atoms with van der Waals surface area (Å²) < 4.78 is 13.3. The Labute approximate surface area is 169 Å². The second kappa shape index (κ2) is 6.89. The van der Waals surface area contributed by atoms with Crippen molar-refractivity contribution in [1.29, 1.82) is 0 Å². The molecule has 1 saturated heterocycles. The lowest BCUT2D eigenvalue weighted by atomic mass is 10.0. The fraction of sp³-hybridized carbons (Fsp3) is 0.429. The molecule has 3 aromatic rings. The molecule has 0 bridgehead atoms. The average molecular weight is 395 g/mol. The Morgan fingerprint density at radius 2 is 2.07 bits per heavy atom. The van der Waals surface area contributed by atoms with Crippen molar-refractivity contribution >= 4 is 17.0 Å². The van der Waals surface area contributed by atoms with Gasteiger partial charge in [0.05, 0.1) is 30.8 Å². The van der Waals surface area contributed by atoms with E-state index in [2.05, 4.69) is 46.3 Å². The summed E-state index contributed by atoms with van der Waals surface area (Å²) in [6.45, 7) is 7.14. The van der Waals surface area contributed by atoms with Gasteiger partial charge in [-0.25, -0.2) is 9.50 Å². The summed E-state index contributed by atoms with van der Waals surface area (Å²) in [7, 11) is 0. The highest BCUT2D eigenvalue weighted by Crippen LogP contribution is 2.42. The summed E-state index contributed by atoms with van der Waals surface area (Å²) in [5.41, 5.74) is 4.06. The molecule has 4 heterocycles. The molecule has 2 aromatic heterocycles. The number of fused-ring (bicyclic) bond motifs is 2. The van der Waals surface area contributed by atoms with E-state index < -0.39 is 6.23 Å². The normalized spacial score (nSPS) is 19.1. The second-order valence-corrected chi connectivity index (χ2v) is 8.14. The van der Waals surface area contributed by atoms with Crippen LogP contribution in [0.25, 0.3) is 5.65 Å². The van der Waals surface area contributed by atoms with Gasteiger partial charge < -0.3 is 24.8 Å². The number of nitrogens with one attached hydrogen (secondary N) is 1. The summed E-state index contributed by atoms with van der Waals surface area (Å²) in [5, 5.41) is 18.5. The van der Waals surface area contributed by atoms with Gasteiger partial charge in [0.2, 0.25) is 0 Å². The highest BCUT2D eigenvalue weighted by Gasteiger charge is 2.32. The molecular formula is C21H25N5O3. The minimum atomic E-state index is -0.951. The van der Waals surface area contributed by atoms with Crippen LogP contribution in [0.15, 0.2) is 36.7 Å². The highest BCUT2D eigenvalue weighted by atomic mass is 16.5. The molecule has 29 heavy (non-hydrogen) atoms. The summed E-state index contributed by atoms with van der Waals surface area (Å²) in [6.07, 6.45) is 3.20. The quantitative estimate of drug-likeness (QED) is 0.656. The molecule has 1 fully saturated rings. The predicted molar refractivity (Wildman–Crippen MR) is 109 cm³/mol. The maximum absolute atomic E-state index is 10.9. The Morgan fingerprint density at radius 3 is 2.90 bits per heavy atom. The van der Waals surface area contributed by atoms with Gasteiger partial charge in [-0.05, 0) is 32.0 Å². The van der Waals surface area contributed by atoms with Gasteiger partial charge in [0.1, 0.15) is 17.0 Å². The third-order valence-electron chi connectivity index (χ3n) is 5.41. The monoisotopic (exact) mass is 395 g/mol. The fourth-order valence-electron chi connectivity index (χ4n) is 4.08. The molecule has 8 nitrogen and oxygen atoms in total. The van der Waals surface area contributed by atoms with E-state index in [9.17, 15) is 5.11 Å². The third-order valence-corrected chi connectivity index (χ3v) is 5.41. The number of hydrogen-bond acceptors (Lipinski definition) is 7. The average Bonchev–Trinajstić information content (AvgIpc) is 3.27. The second-order valence-electron chi connectivity index (χ2n) is 8.14. The van der Waals surface area contributed by atoms with Crippen LogP contribution in [0, 0.1) is 0 Å². The van der Waals surface area contributed by atoms with Crippen molar-refractivity contribution < 1.29 is 14.6 Å². The summed E-state index contributed by atoms with van der Waals surface area (Å²) in [6, 6.07) is 7.86. The van der Waals surface area contributed by atoms with Crippen LogP contribution in [0.2, 0.25) is 0 Å². The van der Waals surface area contributed by atoms with E-state index >= 15 is 0 Å². The molecule has 152 valence electrons. The van der Waals surface area contributed by atoms with Crippen molar-refractivity contribution in [2.75, 3.05) is 36.5 Å². The van der Waals surface area contributed by atoms with E-state index in [1.54, 1.807) is 16.9 Å². The van der Waals surface area contributed by atoms with Crippen LogP contribution < -0.4 is 15.0 Å². The predicted octanol–water partition coefficient (Wildman–Crippen LogP) is 2.38. The molecule has 1 unspecified atom stereocenters. The first-order valence-corrected chi connectivity index (χ1v) is 9.92. The number of ether oxygens (including phenoxy) is 2. The summed E-state index contributed by atoms with van der Waals surface area (Å²) in [5.74, 6) is 0.910. The van der Waals surface area contributed by atoms with E-state index in [1.165, 1.54) is 0 Å². The lowest BCUT2D eigenvalue weighted by molar-refractivity contribution is 0.122. The van der Waals surface area contributed by atoms with Crippen molar-refractivity contribution in [3.63, 3.8) is 0 Å². The standard InChI is InChI=1S/C21H25N5O3/c1-21(2)12-14-10-15(16(11-18(14)29-21)25-6-8-28-9-7-25)24-20(27)17-13-22-19-4-3-5-23-26(17)19/h3-5,10-11,13,20,24,27H,6-9,12H2,1-2H3. The number of hydrogen-bond donors (Lipinski definition) is 2. The topological polar surface area (TPSA) is 84.2 Å². The van der Waals surface area contributed by atoms with Crippen LogP contribution in [0.1, 0.15) is 31.3 Å². The molecule has 0 saturated carbocycles. The van der Waals surface area contributed by atoms with Crippen molar-refractivity contribution in [2.45, 2.75) is 32.1 Å². The number of aliphatic hydroxyl groups is 1. The number of benzene rings is 1. The first kappa shape index (κ1) is 18.2. The first-order chi connectivity index (χ1) is 14.0. The van der Waals surface area contributed by atoms with Crippen LogP contribution >= 0.6 is 0 Å². The van der Waals surface area contributed by atoms with Crippen molar-refractivity contribution in [1.82, 2.24) is 14.6 Å². The Kier molecular flexibility index (Phi) is 4.33. The number of morpholine rings is 1. The molecular weight excluding hydrogens is 370 g/mol. The molecule has 0 aliphatic carbocycles. The van der Waals surface area contributed by atoms with Gasteiger partial charge in [-0.15, -0.1) is 0 Å². The maximum Gasteiger partial charge on any atom is 0.169 e. The van der Waals surface area contributed by atoms with Gasteiger partial charge in [0.25, 0.3) is 0 Å². The Bertz CT molecular complexity index is 1040. The SMILES string of the molecule is CC1(C)Cc2cc(NC(O)c3cnc4cccnn34)c(N3CCOCC3)cc2O1. The lowest BCUT2D eigenvalue weighted by Crippen LogP contribution is -2.36. The number of anilines is 2. The number of aromatic nitrogens is 3. The van der Waals surface area contributed by atoms with Gasteiger partial charge in [-0.3, -0.25) is 0 Å². The van der Waals surface area contributed by atoms with E-state index in [-0.39, 0.29) is 5.60 Å². The minimum absolute atomic E-state index is 0.229. The van der Waals surface area contributed by atoms with E-state index in [0.29, 0.717) is 24.6 Å². The molecule has 0 amide bonds. The van der Waals surface area contributed by atoms with Crippen molar-refractivity contribution in [3.05, 3.63) is 47.9 Å². The zero-order valence-electron chi connectivity index (χ0n) is 16.6. The van der Waals surface area contributed by atoms with Crippen LogP contribution in [0.5, 0.6) is 5.75 Å².